The van der Waals surface area contributed by atoms with E-state index in [0.717, 1.165) is 31.7 Å². The van der Waals surface area contributed by atoms with Gasteiger partial charge in [-0.25, -0.2) is 0 Å². The highest BCUT2D eigenvalue weighted by Gasteiger charge is 2.24. The summed E-state index contributed by atoms with van der Waals surface area (Å²) >= 11 is 1.48. The Morgan fingerprint density at radius 1 is 1.36 bits per heavy atom. The number of aliphatic imine (C=N–C) groups is 1. The normalized spacial score (nSPS) is 17.5. The molecule has 0 unspecified atom stereocenters. The second-order valence-electron chi connectivity index (χ2n) is 5.14. The fourth-order valence-corrected chi connectivity index (χ4v) is 3.34. The highest BCUT2D eigenvalue weighted by molar-refractivity contribution is 8.14. The van der Waals surface area contributed by atoms with E-state index in [1.54, 1.807) is 12.1 Å². The number of anilines is 1. The minimum absolute atomic E-state index is 0.0180. The summed E-state index contributed by atoms with van der Waals surface area (Å²) < 4.78 is 0. The number of amidine groups is 1. The number of hydrogen-bond acceptors (Lipinski definition) is 6. The van der Waals surface area contributed by atoms with Crippen molar-refractivity contribution in [2.45, 2.75) is 12.8 Å². The fourth-order valence-electron chi connectivity index (χ4n) is 2.62. The number of thioether (sulfide) groups is 1. The lowest BCUT2D eigenvalue weighted by molar-refractivity contribution is -0.384. The summed E-state index contributed by atoms with van der Waals surface area (Å²) in [6, 6.07) is 4.65. The molecule has 0 bridgehead atoms. The predicted octanol–water partition coefficient (Wildman–Crippen LogP) is 2.03. The molecule has 0 saturated carbocycles. The van der Waals surface area contributed by atoms with Gasteiger partial charge in [0.2, 0.25) is 0 Å². The van der Waals surface area contributed by atoms with Crippen molar-refractivity contribution in [1.82, 2.24) is 5.32 Å². The van der Waals surface area contributed by atoms with Crippen LogP contribution in [0, 0.1) is 10.1 Å². The van der Waals surface area contributed by atoms with Gasteiger partial charge in [-0.3, -0.25) is 19.9 Å². The average molecular weight is 320 g/mol. The highest BCUT2D eigenvalue weighted by Crippen LogP contribution is 2.31. The molecule has 1 aromatic carbocycles. The molecule has 7 nitrogen and oxygen atoms in total. The molecule has 8 heteroatoms. The van der Waals surface area contributed by atoms with Gasteiger partial charge >= 0.3 is 0 Å². The zero-order valence-electron chi connectivity index (χ0n) is 11.9. The lowest BCUT2D eigenvalue weighted by atomic mass is 10.1. The molecule has 2 aliphatic heterocycles. The average Bonchev–Trinajstić information content (AvgIpc) is 3.19. The van der Waals surface area contributed by atoms with Crippen molar-refractivity contribution in [1.29, 1.82) is 0 Å². The molecular weight excluding hydrogens is 304 g/mol. The Morgan fingerprint density at radius 2 is 2.14 bits per heavy atom. The van der Waals surface area contributed by atoms with Gasteiger partial charge in [0.25, 0.3) is 11.6 Å². The summed E-state index contributed by atoms with van der Waals surface area (Å²) in [6.45, 7) is 2.33. The number of nitrogens with one attached hydrogen (secondary N) is 1. The van der Waals surface area contributed by atoms with Crippen LogP contribution >= 0.6 is 11.8 Å². The Kier molecular flexibility index (Phi) is 4.28. The van der Waals surface area contributed by atoms with Crippen LogP contribution in [0.4, 0.5) is 11.4 Å². The van der Waals surface area contributed by atoms with Crippen LogP contribution in [-0.2, 0) is 0 Å². The zero-order chi connectivity index (χ0) is 15.5. The molecule has 0 spiro atoms. The van der Waals surface area contributed by atoms with E-state index >= 15 is 0 Å². The summed E-state index contributed by atoms with van der Waals surface area (Å²) in [4.78, 5) is 29.2. The standard InChI is InChI=1S/C14H16N4O3S/c19-13(16-14-15-5-8-22-14)10-3-4-11(12(9-10)18(20)21)17-6-1-2-7-17/h3-4,9H,1-2,5-8H2,(H,15,16,19). The van der Waals surface area contributed by atoms with Crippen molar-refractivity contribution in [3.8, 4) is 0 Å². The Labute approximate surface area is 131 Å². The second-order valence-corrected chi connectivity index (χ2v) is 6.23. The molecule has 1 N–H and O–H groups in total. The summed E-state index contributed by atoms with van der Waals surface area (Å²) in [5, 5.41) is 14.6. The number of hydrogen-bond donors (Lipinski definition) is 1. The topological polar surface area (TPSA) is 87.8 Å². The van der Waals surface area contributed by atoms with E-state index in [1.165, 1.54) is 17.8 Å². The summed E-state index contributed by atoms with van der Waals surface area (Å²) in [6.07, 6.45) is 2.08. The maximum atomic E-state index is 12.2. The molecule has 116 valence electrons. The van der Waals surface area contributed by atoms with Crippen LogP contribution in [0.3, 0.4) is 0 Å². The summed E-state index contributed by atoms with van der Waals surface area (Å²) in [7, 11) is 0. The minimum atomic E-state index is -0.424. The Hall–Kier alpha value is -2.09. The Morgan fingerprint density at radius 3 is 2.77 bits per heavy atom. The number of benzene rings is 1. The van der Waals surface area contributed by atoms with E-state index in [2.05, 4.69) is 10.3 Å². The van der Waals surface area contributed by atoms with Gasteiger partial charge in [0, 0.05) is 30.5 Å². The van der Waals surface area contributed by atoms with E-state index in [9.17, 15) is 14.9 Å². The maximum absolute atomic E-state index is 12.2. The second kappa shape index (κ2) is 6.35. The molecule has 3 rings (SSSR count). The number of carbonyl (C=O) groups excluding carboxylic acids is 1. The van der Waals surface area contributed by atoms with E-state index in [-0.39, 0.29) is 17.2 Å². The first-order chi connectivity index (χ1) is 10.6. The SMILES string of the molecule is O=C(NC1=NCCS1)c1ccc(N2CCCC2)c([N+](=O)[O-])c1. The third-order valence-corrected chi connectivity index (χ3v) is 4.58. The van der Waals surface area contributed by atoms with Crippen LogP contribution in [0.2, 0.25) is 0 Å². The monoisotopic (exact) mass is 320 g/mol. The van der Waals surface area contributed by atoms with Gasteiger partial charge in [-0.15, -0.1) is 0 Å². The van der Waals surface area contributed by atoms with E-state index in [0.29, 0.717) is 17.4 Å². The van der Waals surface area contributed by atoms with Gasteiger partial charge in [0.1, 0.15) is 5.69 Å². The third kappa shape index (κ3) is 3.06. The molecule has 2 heterocycles. The Balaban J connectivity index is 1.84. The molecule has 1 amide bonds. The van der Waals surface area contributed by atoms with Gasteiger partial charge in [-0.1, -0.05) is 11.8 Å². The largest absolute Gasteiger partial charge is 0.366 e. The predicted molar refractivity (Wildman–Crippen MR) is 86.8 cm³/mol. The molecular formula is C14H16N4O3S. The number of rotatable bonds is 3. The Bertz CT molecular complexity index is 641. The number of amides is 1. The molecule has 1 fully saturated rings. The van der Waals surface area contributed by atoms with Crippen molar-refractivity contribution >= 4 is 34.2 Å². The molecule has 22 heavy (non-hydrogen) atoms. The number of carbonyl (C=O) groups is 1. The number of nitro groups is 1. The molecule has 0 radical (unpaired) electrons. The van der Waals surface area contributed by atoms with E-state index in [1.807, 2.05) is 4.90 Å². The quantitative estimate of drug-likeness (QED) is 0.680. The summed E-state index contributed by atoms with van der Waals surface area (Å²) in [5.41, 5.74) is 0.854. The zero-order valence-corrected chi connectivity index (χ0v) is 12.8. The van der Waals surface area contributed by atoms with Crippen molar-refractivity contribution in [3.05, 3.63) is 33.9 Å². The smallest absolute Gasteiger partial charge is 0.293 e. The van der Waals surface area contributed by atoms with Crippen LogP contribution in [0.5, 0.6) is 0 Å². The molecule has 0 aliphatic carbocycles. The van der Waals surface area contributed by atoms with Gasteiger partial charge in [0.15, 0.2) is 5.17 Å². The molecule has 2 aliphatic rings. The third-order valence-electron chi connectivity index (χ3n) is 3.69. The van der Waals surface area contributed by atoms with Crippen LogP contribution in [0.1, 0.15) is 23.2 Å². The first kappa shape index (κ1) is 14.8. The van der Waals surface area contributed by atoms with Crippen LogP contribution in [-0.4, -0.2) is 41.4 Å². The van der Waals surface area contributed by atoms with Gasteiger partial charge in [0.05, 0.1) is 11.5 Å². The highest BCUT2D eigenvalue weighted by atomic mass is 32.2. The molecule has 1 saturated heterocycles. The van der Waals surface area contributed by atoms with Gasteiger partial charge < -0.3 is 10.2 Å². The minimum Gasteiger partial charge on any atom is -0.366 e. The molecule has 0 aromatic heterocycles. The van der Waals surface area contributed by atoms with Crippen molar-refractivity contribution < 1.29 is 9.72 Å². The number of nitro benzene ring substituents is 1. The van der Waals surface area contributed by atoms with Crippen molar-refractivity contribution in [3.63, 3.8) is 0 Å². The van der Waals surface area contributed by atoms with Crippen LogP contribution in [0.15, 0.2) is 23.2 Å². The van der Waals surface area contributed by atoms with Crippen molar-refractivity contribution in [2.75, 3.05) is 30.3 Å². The first-order valence-corrected chi connectivity index (χ1v) is 8.16. The molecule has 0 atom stereocenters. The van der Waals surface area contributed by atoms with E-state index < -0.39 is 4.92 Å². The van der Waals surface area contributed by atoms with Crippen molar-refractivity contribution in [2.24, 2.45) is 4.99 Å². The fraction of sp³-hybridized carbons (Fsp3) is 0.429. The van der Waals surface area contributed by atoms with Gasteiger partial charge in [-0.05, 0) is 25.0 Å². The van der Waals surface area contributed by atoms with E-state index in [4.69, 9.17) is 0 Å². The van der Waals surface area contributed by atoms with Crippen LogP contribution < -0.4 is 10.2 Å². The lowest BCUT2D eigenvalue weighted by Crippen LogP contribution is -2.27. The van der Waals surface area contributed by atoms with Gasteiger partial charge in [-0.2, -0.15) is 0 Å². The lowest BCUT2D eigenvalue weighted by Gasteiger charge is -2.17. The summed E-state index contributed by atoms with van der Waals surface area (Å²) in [5.74, 6) is 0.494. The number of nitrogens with zero attached hydrogens (tertiary/aromatic N) is 3. The maximum Gasteiger partial charge on any atom is 0.293 e. The van der Waals surface area contributed by atoms with Crippen LogP contribution in [0.25, 0.3) is 0 Å². The first-order valence-electron chi connectivity index (χ1n) is 7.17. The molecule has 1 aromatic rings.